The number of aryl methyl sites for hydroxylation is 1. The molecule has 0 saturated heterocycles. The number of hydrogen-bond acceptors (Lipinski definition) is 3. The van der Waals surface area contributed by atoms with Crippen molar-refractivity contribution in [3.8, 4) is 11.5 Å². The van der Waals surface area contributed by atoms with Crippen LogP contribution in [0.15, 0.2) is 36.5 Å². The first-order valence-corrected chi connectivity index (χ1v) is 5.48. The van der Waals surface area contributed by atoms with E-state index in [0.717, 1.165) is 0 Å². The molecule has 0 fully saturated rings. The molecule has 0 bridgehead atoms. The van der Waals surface area contributed by atoms with Crippen molar-refractivity contribution < 1.29 is 13.9 Å². The SMILES string of the molecule is CC(=O)c1cccc(F)c1Oc1cccnc1C. The Bertz CT molecular complexity index is 596. The number of carbonyl (C=O) groups excluding carboxylic acids is 1. The van der Waals surface area contributed by atoms with Gasteiger partial charge in [-0.2, -0.15) is 0 Å². The number of ether oxygens (including phenoxy) is 1. The van der Waals surface area contributed by atoms with Gasteiger partial charge in [0.1, 0.15) is 5.75 Å². The number of Topliss-reactive ketones (excluding diaryl/α,β-unsaturated/α-hetero) is 1. The van der Waals surface area contributed by atoms with E-state index in [1.165, 1.54) is 25.1 Å². The van der Waals surface area contributed by atoms with Crippen LogP contribution >= 0.6 is 0 Å². The smallest absolute Gasteiger partial charge is 0.173 e. The number of nitrogens with zero attached hydrogens (tertiary/aromatic N) is 1. The standard InChI is InChI=1S/C14H12FNO2/c1-9-13(7-4-8-16-9)18-14-11(10(2)17)5-3-6-12(14)15/h3-8H,1-2H3. The fourth-order valence-electron chi connectivity index (χ4n) is 1.58. The molecule has 3 nitrogen and oxygen atoms in total. The third-order valence-electron chi connectivity index (χ3n) is 2.52. The lowest BCUT2D eigenvalue weighted by Gasteiger charge is -2.11. The zero-order chi connectivity index (χ0) is 13.1. The number of carbonyl (C=O) groups is 1. The second kappa shape index (κ2) is 4.96. The van der Waals surface area contributed by atoms with Crippen LogP contribution in [0.3, 0.4) is 0 Å². The third-order valence-corrected chi connectivity index (χ3v) is 2.52. The fourth-order valence-corrected chi connectivity index (χ4v) is 1.58. The van der Waals surface area contributed by atoms with Gasteiger partial charge in [-0.15, -0.1) is 0 Å². The number of benzene rings is 1. The number of rotatable bonds is 3. The summed E-state index contributed by atoms with van der Waals surface area (Å²) in [6.45, 7) is 3.13. The molecule has 1 aromatic heterocycles. The van der Waals surface area contributed by atoms with Gasteiger partial charge in [0.25, 0.3) is 0 Å². The van der Waals surface area contributed by atoms with Crippen LogP contribution in [0.25, 0.3) is 0 Å². The summed E-state index contributed by atoms with van der Waals surface area (Å²) in [5.41, 5.74) is 0.855. The molecule has 4 heteroatoms. The van der Waals surface area contributed by atoms with E-state index in [1.807, 2.05) is 0 Å². The fraction of sp³-hybridized carbons (Fsp3) is 0.143. The summed E-state index contributed by atoms with van der Waals surface area (Å²) < 4.78 is 19.2. The van der Waals surface area contributed by atoms with Crippen molar-refractivity contribution in [2.24, 2.45) is 0 Å². The molecule has 0 radical (unpaired) electrons. The Morgan fingerprint density at radius 2 is 2.06 bits per heavy atom. The quantitative estimate of drug-likeness (QED) is 0.776. The van der Waals surface area contributed by atoms with E-state index in [4.69, 9.17) is 4.74 Å². The average Bonchev–Trinajstić information content (AvgIpc) is 2.34. The van der Waals surface area contributed by atoms with Gasteiger partial charge in [0.2, 0.25) is 0 Å². The number of pyridine rings is 1. The minimum Gasteiger partial charge on any atom is -0.452 e. The van der Waals surface area contributed by atoms with Gasteiger partial charge in [0, 0.05) is 6.20 Å². The Morgan fingerprint density at radius 1 is 1.28 bits per heavy atom. The van der Waals surface area contributed by atoms with E-state index in [0.29, 0.717) is 11.4 Å². The van der Waals surface area contributed by atoms with Crippen molar-refractivity contribution in [1.29, 1.82) is 0 Å². The number of halogens is 1. The van der Waals surface area contributed by atoms with Gasteiger partial charge in [0.15, 0.2) is 17.3 Å². The highest BCUT2D eigenvalue weighted by atomic mass is 19.1. The topological polar surface area (TPSA) is 39.2 Å². The Hall–Kier alpha value is -2.23. The zero-order valence-electron chi connectivity index (χ0n) is 10.1. The highest BCUT2D eigenvalue weighted by molar-refractivity contribution is 5.96. The number of para-hydroxylation sites is 1. The van der Waals surface area contributed by atoms with Crippen LogP contribution < -0.4 is 4.74 Å². The van der Waals surface area contributed by atoms with Gasteiger partial charge in [-0.05, 0) is 38.1 Å². The van der Waals surface area contributed by atoms with Crippen LogP contribution in [0.5, 0.6) is 11.5 Å². The van der Waals surface area contributed by atoms with Crippen molar-refractivity contribution in [2.75, 3.05) is 0 Å². The Morgan fingerprint density at radius 3 is 2.72 bits per heavy atom. The number of ketones is 1. The van der Waals surface area contributed by atoms with Gasteiger partial charge in [-0.1, -0.05) is 6.07 Å². The lowest BCUT2D eigenvalue weighted by molar-refractivity contribution is 0.101. The molecule has 0 aliphatic heterocycles. The minimum absolute atomic E-state index is 0.0545. The van der Waals surface area contributed by atoms with E-state index >= 15 is 0 Å². The molecular weight excluding hydrogens is 233 g/mol. The molecule has 0 atom stereocenters. The summed E-state index contributed by atoms with van der Waals surface area (Å²) in [7, 11) is 0. The highest BCUT2D eigenvalue weighted by Gasteiger charge is 2.15. The number of hydrogen-bond donors (Lipinski definition) is 0. The second-order valence-electron chi connectivity index (χ2n) is 3.86. The minimum atomic E-state index is -0.564. The summed E-state index contributed by atoms with van der Waals surface area (Å²) in [5, 5.41) is 0. The molecule has 18 heavy (non-hydrogen) atoms. The third kappa shape index (κ3) is 2.37. The summed E-state index contributed by atoms with van der Waals surface area (Å²) in [6.07, 6.45) is 1.62. The van der Waals surface area contributed by atoms with Crippen LogP contribution in [0.4, 0.5) is 4.39 Å². The van der Waals surface area contributed by atoms with E-state index in [-0.39, 0.29) is 17.1 Å². The monoisotopic (exact) mass is 245 g/mol. The molecule has 0 unspecified atom stereocenters. The molecule has 92 valence electrons. The molecule has 2 rings (SSSR count). The van der Waals surface area contributed by atoms with Crippen LogP contribution in [-0.2, 0) is 0 Å². The van der Waals surface area contributed by atoms with Crippen LogP contribution in [0.1, 0.15) is 23.0 Å². The van der Waals surface area contributed by atoms with E-state index in [2.05, 4.69) is 4.98 Å². The molecule has 0 N–H and O–H groups in total. The Kier molecular flexibility index (Phi) is 3.37. The largest absolute Gasteiger partial charge is 0.452 e. The van der Waals surface area contributed by atoms with Crippen molar-refractivity contribution in [2.45, 2.75) is 13.8 Å². The molecule has 0 spiro atoms. The second-order valence-corrected chi connectivity index (χ2v) is 3.86. The maximum absolute atomic E-state index is 13.7. The van der Waals surface area contributed by atoms with Crippen molar-refractivity contribution >= 4 is 5.78 Å². The zero-order valence-corrected chi connectivity index (χ0v) is 10.1. The molecule has 0 saturated carbocycles. The van der Waals surface area contributed by atoms with Gasteiger partial charge < -0.3 is 4.74 Å². The van der Waals surface area contributed by atoms with Crippen molar-refractivity contribution in [3.05, 3.63) is 53.6 Å². The van der Waals surface area contributed by atoms with Crippen molar-refractivity contribution in [3.63, 3.8) is 0 Å². The van der Waals surface area contributed by atoms with Gasteiger partial charge in [-0.25, -0.2) is 4.39 Å². The summed E-state index contributed by atoms with van der Waals surface area (Å²) in [6, 6.07) is 7.64. The Labute approximate surface area is 104 Å². The average molecular weight is 245 g/mol. The molecule has 0 aliphatic carbocycles. The maximum Gasteiger partial charge on any atom is 0.173 e. The van der Waals surface area contributed by atoms with E-state index in [1.54, 1.807) is 25.3 Å². The Balaban J connectivity index is 2.46. The van der Waals surface area contributed by atoms with Crippen LogP contribution in [0, 0.1) is 12.7 Å². The van der Waals surface area contributed by atoms with Crippen LogP contribution in [0.2, 0.25) is 0 Å². The molecule has 1 heterocycles. The maximum atomic E-state index is 13.7. The first kappa shape index (κ1) is 12.2. The molecule has 0 aliphatic rings. The summed E-state index contributed by atoms with van der Waals surface area (Å²) >= 11 is 0. The molecular formula is C14H12FNO2. The molecule has 2 aromatic rings. The lowest BCUT2D eigenvalue weighted by Crippen LogP contribution is -2.00. The molecule has 1 aromatic carbocycles. The summed E-state index contributed by atoms with van der Waals surface area (Å²) in [4.78, 5) is 15.5. The van der Waals surface area contributed by atoms with E-state index < -0.39 is 5.82 Å². The first-order valence-electron chi connectivity index (χ1n) is 5.48. The molecule has 0 amide bonds. The van der Waals surface area contributed by atoms with Gasteiger partial charge in [-0.3, -0.25) is 9.78 Å². The predicted octanol–water partition coefficient (Wildman–Crippen LogP) is 3.52. The highest BCUT2D eigenvalue weighted by Crippen LogP contribution is 2.29. The summed E-state index contributed by atoms with van der Waals surface area (Å²) in [5.74, 6) is -0.428. The lowest BCUT2D eigenvalue weighted by atomic mass is 10.1. The van der Waals surface area contributed by atoms with Crippen molar-refractivity contribution in [1.82, 2.24) is 4.98 Å². The predicted molar refractivity (Wildman–Crippen MR) is 65.5 cm³/mol. The normalized spacial score (nSPS) is 10.2. The number of aromatic nitrogens is 1. The van der Waals surface area contributed by atoms with Gasteiger partial charge in [0.05, 0.1) is 11.3 Å². The van der Waals surface area contributed by atoms with Crippen LogP contribution in [-0.4, -0.2) is 10.8 Å². The first-order chi connectivity index (χ1) is 8.59. The van der Waals surface area contributed by atoms with E-state index in [9.17, 15) is 9.18 Å². The van der Waals surface area contributed by atoms with Gasteiger partial charge >= 0.3 is 0 Å².